The number of fused-ring (bicyclic) bond motifs is 1. The van der Waals surface area contributed by atoms with Gasteiger partial charge in [-0.15, -0.1) is 11.8 Å². The van der Waals surface area contributed by atoms with Crippen molar-refractivity contribution >= 4 is 11.8 Å². The predicted molar refractivity (Wildman–Crippen MR) is 53.8 cm³/mol. The summed E-state index contributed by atoms with van der Waals surface area (Å²) in [5, 5.41) is 8.44. The molecule has 1 heterocycles. The van der Waals surface area contributed by atoms with E-state index in [1.54, 1.807) is 0 Å². The van der Waals surface area contributed by atoms with Gasteiger partial charge in [-0.2, -0.15) is 5.26 Å². The van der Waals surface area contributed by atoms with E-state index in [4.69, 9.17) is 14.7 Å². The Bertz CT molecular complexity index is 373. The molecule has 14 heavy (non-hydrogen) atoms. The number of rotatable bonds is 2. The maximum Gasteiger partial charge on any atom is 0.162 e. The third kappa shape index (κ3) is 1.94. The molecule has 0 N–H and O–H groups in total. The first kappa shape index (κ1) is 9.22. The second-order valence-corrected chi connectivity index (χ2v) is 3.80. The van der Waals surface area contributed by atoms with Crippen LogP contribution in [-0.2, 0) is 0 Å². The highest BCUT2D eigenvalue weighted by molar-refractivity contribution is 7.99. The van der Waals surface area contributed by atoms with Crippen LogP contribution in [0, 0.1) is 11.3 Å². The van der Waals surface area contributed by atoms with Crippen LogP contribution in [0.2, 0.25) is 0 Å². The zero-order valence-corrected chi connectivity index (χ0v) is 8.34. The van der Waals surface area contributed by atoms with Crippen molar-refractivity contribution in [2.75, 3.05) is 19.0 Å². The number of nitrogens with zero attached hydrogens (tertiary/aromatic N) is 1. The van der Waals surface area contributed by atoms with Gasteiger partial charge in [-0.3, -0.25) is 0 Å². The molecule has 1 aromatic rings. The molecule has 0 aromatic heterocycles. The van der Waals surface area contributed by atoms with Crippen molar-refractivity contribution in [3.05, 3.63) is 18.2 Å². The first-order valence-electron chi connectivity index (χ1n) is 4.29. The molecule has 0 saturated carbocycles. The average Bonchev–Trinajstić information content (AvgIpc) is 2.26. The zero-order chi connectivity index (χ0) is 9.80. The molecular weight excluding hydrogens is 198 g/mol. The molecule has 1 aliphatic rings. The van der Waals surface area contributed by atoms with Crippen LogP contribution in [0.5, 0.6) is 11.5 Å². The molecule has 0 atom stereocenters. The Morgan fingerprint density at radius 2 is 2.07 bits per heavy atom. The average molecular weight is 207 g/mol. The van der Waals surface area contributed by atoms with Crippen LogP contribution in [0.25, 0.3) is 0 Å². The van der Waals surface area contributed by atoms with Gasteiger partial charge in [0.15, 0.2) is 11.5 Å². The van der Waals surface area contributed by atoms with E-state index in [9.17, 15) is 0 Å². The molecule has 0 amide bonds. The first-order chi connectivity index (χ1) is 6.90. The molecule has 4 heteroatoms. The van der Waals surface area contributed by atoms with Gasteiger partial charge < -0.3 is 9.47 Å². The van der Waals surface area contributed by atoms with Gasteiger partial charge >= 0.3 is 0 Å². The summed E-state index contributed by atoms with van der Waals surface area (Å²) in [5.74, 6) is 2.02. The highest BCUT2D eigenvalue weighted by Crippen LogP contribution is 2.33. The number of hydrogen-bond donors (Lipinski definition) is 0. The molecule has 72 valence electrons. The molecule has 0 unspecified atom stereocenters. The van der Waals surface area contributed by atoms with Gasteiger partial charge in [0.25, 0.3) is 0 Å². The Hall–Kier alpha value is -1.34. The van der Waals surface area contributed by atoms with E-state index in [1.807, 2.05) is 18.2 Å². The van der Waals surface area contributed by atoms with Gasteiger partial charge in [-0.05, 0) is 18.2 Å². The molecule has 1 aliphatic heterocycles. The van der Waals surface area contributed by atoms with Crippen LogP contribution < -0.4 is 9.47 Å². The molecule has 0 fully saturated rings. The lowest BCUT2D eigenvalue weighted by Gasteiger charge is -2.18. The SMILES string of the molecule is N#CCSc1ccc2c(c1)OCCO2. The van der Waals surface area contributed by atoms with E-state index in [-0.39, 0.29) is 0 Å². The normalized spacial score (nSPS) is 13.4. The molecular formula is C10H9NO2S. The Morgan fingerprint density at radius 3 is 2.86 bits per heavy atom. The Kier molecular flexibility index (Phi) is 2.80. The summed E-state index contributed by atoms with van der Waals surface area (Å²) in [6.07, 6.45) is 0. The Balaban J connectivity index is 2.17. The van der Waals surface area contributed by atoms with E-state index in [0.29, 0.717) is 19.0 Å². The van der Waals surface area contributed by atoms with Crippen LogP contribution in [-0.4, -0.2) is 19.0 Å². The maximum absolute atomic E-state index is 8.44. The second-order valence-electron chi connectivity index (χ2n) is 2.75. The number of nitriles is 1. The van der Waals surface area contributed by atoms with E-state index < -0.39 is 0 Å². The molecule has 0 spiro atoms. The lowest BCUT2D eigenvalue weighted by Crippen LogP contribution is -2.15. The van der Waals surface area contributed by atoms with Crippen LogP contribution in [0.4, 0.5) is 0 Å². The van der Waals surface area contributed by atoms with E-state index >= 15 is 0 Å². The monoisotopic (exact) mass is 207 g/mol. The molecule has 1 aromatic carbocycles. The van der Waals surface area contributed by atoms with Crippen molar-refractivity contribution in [2.45, 2.75) is 4.90 Å². The van der Waals surface area contributed by atoms with E-state index in [1.165, 1.54) is 11.8 Å². The van der Waals surface area contributed by atoms with Gasteiger partial charge in [0.2, 0.25) is 0 Å². The molecule has 0 radical (unpaired) electrons. The summed E-state index contributed by atoms with van der Waals surface area (Å²) in [6.45, 7) is 1.21. The number of ether oxygens (including phenoxy) is 2. The quantitative estimate of drug-likeness (QED) is 0.696. The fourth-order valence-corrected chi connectivity index (χ4v) is 1.81. The van der Waals surface area contributed by atoms with E-state index in [2.05, 4.69) is 6.07 Å². The van der Waals surface area contributed by atoms with Crippen molar-refractivity contribution in [2.24, 2.45) is 0 Å². The van der Waals surface area contributed by atoms with Crippen LogP contribution in [0.1, 0.15) is 0 Å². The fourth-order valence-electron chi connectivity index (χ4n) is 1.23. The lowest BCUT2D eigenvalue weighted by atomic mass is 10.3. The first-order valence-corrected chi connectivity index (χ1v) is 5.28. The minimum atomic E-state index is 0.458. The summed E-state index contributed by atoms with van der Waals surface area (Å²) in [6, 6.07) is 7.82. The van der Waals surface area contributed by atoms with Crippen molar-refractivity contribution in [1.29, 1.82) is 5.26 Å². The largest absolute Gasteiger partial charge is 0.486 e. The minimum Gasteiger partial charge on any atom is -0.486 e. The lowest BCUT2D eigenvalue weighted by molar-refractivity contribution is 0.171. The zero-order valence-electron chi connectivity index (χ0n) is 7.53. The Labute approximate surface area is 86.6 Å². The van der Waals surface area contributed by atoms with Gasteiger partial charge in [-0.25, -0.2) is 0 Å². The standard InChI is InChI=1S/C10H9NO2S/c11-3-6-14-8-1-2-9-10(7-8)13-5-4-12-9/h1-2,7H,4-6H2. The molecule has 0 saturated heterocycles. The van der Waals surface area contributed by atoms with Crippen molar-refractivity contribution in [1.82, 2.24) is 0 Å². The van der Waals surface area contributed by atoms with Gasteiger partial charge in [0.1, 0.15) is 13.2 Å². The van der Waals surface area contributed by atoms with Gasteiger partial charge in [0, 0.05) is 4.90 Å². The minimum absolute atomic E-state index is 0.458. The van der Waals surface area contributed by atoms with Crippen molar-refractivity contribution < 1.29 is 9.47 Å². The number of benzene rings is 1. The summed E-state index contributed by atoms with van der Waals surface area (Å²) in [5.41, 5.74) is 0. The predicted octanol–water partition coefficient (Wildman–Crippen LogP) is 2.07. The van der Waals surface area contributed by atoms with E-state index in [0.717, 1.165) is 16.4 Å². The summed E-state index contributed by atoms with van der Waals surface area (Å²) < 4.78 is 10.8. The summed E-state index contributed by atoms with van der Waals surface area (Å²) in [4.78, 5) is 1.04. The highest BCUT2D eigenvalue weighted by atomic mass is 32.2. The molecule has 0 aliphatic carbocycles. The van der Waals surface area contributed by atoms with Crippen molar-refractivity contribution in [3.63, 3.8) is 0 Å². The van der Waals surface area contributed by atoms with Gasteiger partial charge in [-0.1, -0.05) is 0 Å². The van der Waals surface area contributed by atoms with Crippen LogP contribution in [0.15, 0.2) is 23.1 Å². The fraction of sp³-hybridized carbons (Fsp3) is 0.300. The molecule has 0 bridgehead atoms. The van der Waals surface area contributed by atoms with Crippen LogP contribution >= 0.6 is 11.8 Å². The highest BCUT2D eigenvalue weighted by Gasteiger charge is 2.11. The topological polar surface area (TPSA) is 42.2 Å². The smallest absolute Gasteiger partial charge is 0.162 e. The summed E-state index contributed by atoms with van der Waals surface area (Å²) in [7, 11) is 0. The second kappa shape index (κ2) is 4.25. The molecule has 2 rings (SSSR count). The Morgan fingerprint density at radius 1 is 1.29 bits per heavy atom. The van der Waals surface area contributed by atoms with Gasteiger partial charge in [0.05, 0.1) is 11.8 Å². The third-order valence-electron chi connectivity index (χ3n) is 1.82. The third-order valence-corrected chi connectivity index (χ3v) is 2.68. The van der Waals surface area contributed by atoms with Crippen molar-refractivity contribution in [3.8, 4) is 17.6 Å². The van der Waals surface area contributed by atoms with Crippen LogP contribution in [0.3, 0.4) is 0 Å². The summed E-state index contributed by atoms with van der Waals surface area (Å²) >= 11 is 1.50. The number of hydrogen-bond acceptors (Lipinski definition) is 4. The number of thioether (sulfide) groups is 1. The molecule has 3 nitrogen and oxygen atoms in total. The maximum atomic E-state index is 8.44.